The van der Waals surface area contributed by atoms with E-state index < -0.39 is 0 Å². The van der Waals surface area contributed by atoms with Crippen LogP contribution in [-0.2, 0) is 0 Å². The number of aromatic nitrogens is 2. The highest BCUT2D eigenvalue weighted by Crippen LogP contribution is 2.17. The number of nitrogens with one attached hydrogen (secondary N) is 1. The van der Waals surface area contributed by atoms with Crippen LogP contribution in [-0.4, -0.2) is 54.0 Å². The van der Waals surface area contributed by atoms with E-state index in [9.17, 15) is 14.0 Å². The van der Waals surface area contributed by atoms with Gasteiger partial charge in [-0.05, 0) is 54.6 Å². The van der Waals surface area contributed by atoms with Crippen LogP contribution in [0, 0.1) is 5.82 Å². The number of hydrogen-bond acceptors (Lipinski definition) is 5. The molecule has 0 atom stereocenters. The molecule has 2 amide bonds. The van der Waals surface area contributed by atoms with Crippen LogP contribution in [0.5, 0.6) is 5.75 Å². The number of methoxy groups -OCH3 is 1. The third-order valence-electron chi connectivity index (χ3n) is 5.09. The van der Waals surface area contributed by atoms with Gasteiger partial charge in [0.2, 0.25) is 0 Å². The molecule has 0 radical (unpaired) electrons. The number of anilines is 2. The van der Waals surface area contributed by atoms with Crippen molar-refractivity contribution < 1.29 is 13.9 Å². The number of halogens is 1. The van der Waals surface area contributed by atoms with E-state index in [1.54, 1.807) is 42.3 Å². The molecule has 9 heteroatoms. The summed E-state index contributed by atoms with van der Waals surface area (Å²) in [5.74, 6) is 0.970. The van der Waals surface area contributed by atoms with Gasteiger partial charge in [-0.3, -0.25) is 4.79 Å². The van der Waals surface area contributed by atoms with E-state index >= 15 is 0 Å². The van der Waals surface area contributed by atoms with Crippen molar-refractivity contribution in [1.82, 2.24) is 14.7 Å². The lowest BCUT2D eigenvalue weighted by Crippen LogP contribution is -2.50. The zero-order chi connectivity index (χ0) is 21.8. The number of nitrogens with zero attached hydrogens (tertiary/aromatic N) is 4. The Labute approximate surface area is 178 Å². The summed E-state index contributed by atoms with van der Waals surface area (Å²) in [6.45, 7) is 2.17. The van der Waals surface area contributed by atoms with Gasteiger partial charge in [-0.25, -0.2) is 9.18 Å². The molecule has 0 aliphatic carbocycles. The summed E-state index contributed by atoms with van der Waals surface area (Å²) < 4.78 is 19.6. The van der Waals surface area contributed by atoms with Gasteiger partial charge in [0.1, 0.15) is 17.4 Å². The predicted octanol–water partition coefficient (Wildman–Crippen LogP) is 2.73. The molecule has 8 nitrogen and oxygen atoms in total. The molecule has 1 fully saturated rings. The maximum atomic E-state index is 13.2. The summed E-state index contributed by atoms with van der Waals surface area (Å²) in [6, 6.07) is 15.7. The SMILES string of the molecule is COc1ccc(NC(=O)N2CCN(c3ccc(=O)n(-c4ccc(F)cc4)n3)CC2)cc1. The zero-order valence-corrected chi connectivity index (χ0v) is 17.0. The van der Waals surface area contributed by atoms with Crippen LogP contribution in [0.25, 0.3) is 5.69 Å². The van der Waals surface area contributed by atoms with Gasteiger partial charge in [0.05, 0.1) is 12.8 Å². The first-order valence-electron chi connectivity index (χ1n) is 9.85. The monoisotopic (exact) mass is 423 g/mol. The van der Waals surface area contributed by atoms with Crippen molar-refractivity contribution in [2.75, 3.05) is 43.5 Å². The summed E-state index contributed by atoms with van der Waals surface area (Å²) in [7, 11) is 1.59. The number of ether oxygens (including phenoxy) is 1. The quantitative estimate of drug-likeness (QED) is 0.698. The lowest BCUT2D eigenvalue weighted by molar-refractivity contribution is 0.208. The smallest absolute Gasteiger partial charge is 0.321 e. The van der Waals surface area contributed by atoms with Gasteiger partial charge in [-0.1, -0.05) is 0 Å². The molecule has 1 aliphatic heterocycles. The molecular weight excluding hydrogens is 401 g/mol. The average molecular weight is 423 g/mol. The maximum Gasteiger partial charge on any atom is 0.321 e. The van der Waals surface area contributed by atoms with Crippen LogP contribution >= 0.6 is 0 Å². The van der Waals surface area contributed by atoms with Gasteiger partial charge in [-0.15, -0.1) is 5.10 Å². The second-order valence-electron chi connectivity index (χ2n) is 7.05. The average Bonchev–Trinajstić information content (AvgIpc) is 2.81. The van der Waals surface area contributed by atoms with Gasteiger partial charge in [-0.2, -0.15) is 4.68 Å². The number of hydrogen-bond donors (Lipinski definition) is 1. The lowest BCUT2D eigenvalue weighted by atomic mass is 10.3. The van der Waals surface area contributed by atoms with Gasteiger partial charge in [0.15, 0.2) is 0 Å². The van der Waals surface area contributed by atoms with Crippen molar-refractivity contribution in [2.45, 2.75) is 0 Å². The van der Waals surface area contributed by atoms with Gasteiger partial charge < -0.3 is 19.9 Å². The largest absolute Gasteiger partial charge is 0.497 e. The second-order valence-corrected chi connectivity index (χ2v) is 7.05. The molecule has 1 saturated heterocycles. The summed E-state index contributed by atoms with van der Waals surface area (Å²) in [4.78, 5) is 28.5. The Bertz CT molecular complexity index is 1110. The fourth-order valence-corrected chi connectivity index (χ4v) is 3.35. The molecule has 2 heterocycles. The minimum absolute atomic E-state index is 0.172. The van der Waals surface area contributed by atoms with Crippen molar-refractivity contribution in [3.63, 3.8) is 0 Å². The Hall–Kier alpha value is -3.88. The van der Waals surface area contributed by atoms with Gasteiger partial charge >= 0.3 is 6.03 Å². The van der Waals surface area contributed by atoms with Crippen LogP contribution in [0.4, 0.5) is 20.7 Å². The van der Waals surface area contributed by atoms with Crippen LogP contribution in [0.1, 0.15) is 0 Å². The summed E-state index contributed by atoms with van der Waals surface area (Å²) in [6.07, 6.45) is 0. The number of benzene rings is 2. The molecule has 2 aromatic carbocycles. The third-order valence-corrected chi connectivity index (χ3v) is 5.09. The summed E-state index contributed by atoms with van der Waals surface area (Å²) >= 11 is 0. The molecule has 3 aromatic rings. The minimum Gasteiger partial charge on any atom is -0.497 e. The van der Waals surface area contributed by atoms with Crippen LogP contribution < -0.4 is 20.5 Å². The third kappa shape index (κ3) is 4.66. The second kappa shape index (κ2) is 8.86. The van der Waals surface area contributed by atoms with E-state index in [0.29, 0.717) is 43.4 Å². The van der Waals surface area contributed by atoms with E-state index in [4.69, 9.17) is 4.74 Å². The molecule has 1 aliphatic rings. The molecule has 0 bridgehead atoms. The Morgan fingerprint density at radius 3 is 2.29 bits per heavy atom. The first-order chi connectivity index (χ1) is 15.0. The number of carbonyl (C=O) groups excluding carboxylic acids is 1. The molecule has 1 aromatic heterocycles. The lowest BCUT2D eigenvalue weighted by Gasteiger charge is -2.35. The van der Waals surface area contributed by atoms with E-state index in [0.717, 1.165) is 5.75 Å². The molecule has 4 rings (SSSR count). The Morgan fingerprint density at radius 2 is 1.65 bits per heavy atom. The van der Waals surface area contributed by atoms with Crippen molar-refractivity contribution in [2.24, 2.45) is 0 Å². The van der Waals surface area contributed by atoms with Crippen molar-refractivity contribution >= 4 is 17.5 Å². The van der Waals surface area contributed by atoms with Gasteiger partial charge in [0, 0.05) is 37.9 Å². The Kier molecular flexibility index (Phi) is 5.83. The van der Waals surface area contributed by atoms with E-state index in [2.05, 4.69) is 10.4 Å². The van der Waals surface area contributed by atoms with Gasteiger partial charge in [0.25, 0.3) is 5.56 Å². The maximum absolute atomic E-state index is 13.2. The standard InChI is InChI=1S/C22H22FN5O3/c1-31-19-8-4-17(5-9-19)24-22(30)27-14-12-26(13-15-27)20-10-11-21(29)28(25-20)18-6-2-16(23)3-7-18/h2-11H,12-15H2,1H3,(H,24,30). The molecule has 1 N–H and O–H groups in total. The highest BCUT2D eigenvalue weighted by Gasteiger charge is 2.22. The summed E-state index contributed by atoms with van der Waals surface area (Å²) in [5, 5.41) is 7.31. The topological polar surface area (TPSA) is 79.7 Å². The fourth-order valence-electron chi connectivity index (χ4n) is 3.35. The summed E-state index contributed by atoms with van der Waals surface area (Å²) in [5.41, 5.74) is 0.889. The number of piperazine rings is 1. The number of rotatable bonds is 4. The first-order valence-corrected chi connectivity index (χ1v) is 9.85. The Morgan fingerprint density at radius 1 is 0.968 bits per heavy atom. The van der Waals surface area contributed by atoms with Crippen molar-refractivity contribution in [1.29, 1.82) is 0 Å². The van der Waals surface area contributed by atoms with Crippen LogP contribution in [0.3, 0.4) is 0 Å². The first kappa shape index (κ1) is 20.4. The predicted molar refractivity (Wildman–Crippen MR) is 116 cm³/mol. The van der Waals surface area contributed by atoms with Crippen molar-refractivity contribution in [3.8, 4) is 11.4 Å². The molecule has 0 saturated carbocycles. The number of carbonyl (C=O) groups is 1. The molecular formula is C22H22FN5O3. The zero-order valence-electron chi connectivity index (χ0n) is 17.0. The van der Waals surface area contributed by atoms with E-state index in [-0.39, 0.29) is 17.4 Å². The Balaban J connectivity index is 1.40. The van der Waals surface area contributed by atoms with Crippen molar-refractivity contribution in [3.05, 3.63) is 76.8 Å². The van der Waals surface area contributed by atoms with Crippen LogP contribution in [0.2, 0.25) is 0 Å². The minimum atomic E-state index is -0.378. The molecule has 0 unspecified atom stereocenters. The highest BCUT2D eigenvalue weighted by molar-refractivity contribution is 5.89. The highest BCUT2D eigenvalue weighted by atomic mass is 19.1. The van der Waals surface area contributed by atoms with Crippen LogP contribution in [0.15, 0.2) is 65.5 Å². The molecule has 0 spiro atoms. The van der Waals surface area contributed by atoms with E-state index in [1.165, 1.54) is 35.0 Å². The molecule has 31 heavy (non-hydrogen) atoms. The normalized spacial score (nSPS) is 13.7. The fraction of sp³-hybridized carbons (Fsp3) is 0.227. The molecule has 160 valence electrons. The number of urea groups is 1. The number of amides is 2. The van der Waals surface area contributed by atoms with E-state index in [1.807, 2.05) is 4.90 Å².